The second-order valence-electron chi connectivity index (χ2n) is 6.97. The summed E-state index contributed by atoms with van der Waals surface area (Å²) in [6.45, 7) is 8.14. The molecule has 1 atom stereocenters. The van der Waals surface area contributed by atoms with E-state index in [1.807, 2.05) is 6.92 Å². The number of amides is 1. The number of carbonyl (C=O) groups is 1. The molecule has 1 fully saturated rings. The van der Waals surface area contributed by atoms with Crippen molar-refractivity contribution in [2.24, 2.45) is 4.99 Å². The summed E-state index contributed by atoms with van der Waals surface area (Å²) in [5.74, 6) is 0.0235. The number of aliphatic imine (C=N–C) groups is 1. The summed E-state index contributed by atoms with van der Waals surface area (Å²) in [5.41, 5.74) is 0.837. The van der Waals surface area contributed by atoms with E-state index in [4.69, 9.17) is 9.47 Å². The van der Waals surface area contributed by atoms with Gasteiger partial charge < -0.3 is 25.4 Å². The predicted octanol–water partition coefficient (Wildman–Crippen LogP) is 2.62. The number of benzene rings is 1. The number of ether oxygens (including phenoxy) is 2. The van der Waals surface area contributed by atoms with E-state index in [-0.39, 0.29) is 41.8 Å². The third-order valence-corrected chi connectivity index (χ3v) is 4.53. The highest BCUT2D eigenvalue weighted by Gasteiger charge is 2.14. The van der Waals surface area contributed by atoms with E-state index in [1.165, 1.54) is 6.07 Å². The lowest BCUT2D eigenvalue weighted by molar-refractivity contribution is 0.0171. The van der Waals surface area contributed by atoms with Crippen LogP contribution < -0.4 is 16.0 Å². The monoisotopic (exact) mass is 536 g/mol. The Morgan fingerprint density at radius 3 is 2.80 bits per heavy atom. The van der Waals surface area contributed by atoms with Crippen molar-refractivity contribution in [1.29, 1.82) is 0 Å². The van der Waals surface area contributed by atoms with Gasteiger partial charge in [-0.3, -0.25) is 9.79 Å². The molecular weight excluding hydrogens is 502 g/mol. The third kappa shape index (κ3) is 10.0. The Morgan fingerprint density at radius 2 is 2.10 bits per heavy atom. The summed E-state index contributed by atoms with van der Waals surface area (Å²) in [6, 6.07) is 4.47. The first kappa shape index (κ1) is 26.6. The van der Waals surface area contributed by atoms with Crippen molar-refractivity contribution in [3.8, 4) is 0 Å². The van der Waals surface area contributed by atoms with Crippen molar-refractivity contribution in [3.63, 3.8) is 0 Å². The van der Waals surface area contributed by atoms with Crippen LogP contribution in [0.1, 0.15) is 42.1 Å². The molecule has 1 heterocycles. The Hall–Kier alpha value is -1.46. The maximum atomic E-state index is 13.6. The molecule has 170 valence electrons. The molecule has 0 bridgehead atoms. The van der Waals surface area contributed by atoms with Crippen molar-refractivity contribution in [1.82, 2.24) is 16.0 Å². The Bertz CT molecular complexity index is 670. The molecule has 0 aliphatic carbocycles. The van der Waals surface area contributed by atoms with Crippen molar-refractivity contribution in [2.45, 2.75) is 39.2 Å². The number of carbonyl (C=O) groups excluding carboxylic acids is 1. The highest BCUT2D eigenvalue weighted by molar-refractivity contribution is 14.0. The fourth-order valence-electron chi connectivity index (χ4n) is 2.88. The molecule has 1 aliphatic rings. The molecule has 1 amide bonds. The van der Waals surface area contributed by atoms with Crippen LogP contribution in [0.25, 0.3) is 0 Å². The van der Waals surface area contributed by atoms with Crippen molar-refractivity contribution < 1.29 is 18.7 Å². The van der Waals surface area contributed by atoms with Gasteiger partial charge in [0.05, 0.1) is 12.7 Å². The lowest BCUT2D eigenvalue weighted by atomic mass is 10.1. The zero-order valence-electron chi connectivity index (χ0n) is 17.8. The average Bonchev–Trinajstić information content (AvgIpc) is 3.23. The molecule has 1 aromatic carbocycles. The highest BCUT2D eigenvalue weighted by Crippen LogP contribution is 2.12. The number of halogens is 2. The highest BCUT2D eigenvalue weighted by atomic mass is 127. The van der Waals surface area contributed by atoms with Crippen LogP contribution in [-0.2, 0) is 9.47 Å². The van der Waals surface area contributed by atoms with Crippen molar-refractivity contribution >= 4 is 35.8 Å². The van der Waals surface area contributed by atoms with Gasteiger partial charge in [0, 0.05) is 45.0 Å². The number of nitrogens with zero attached hydrogens (tertiary/aromatic N) is 1. The van der Waals surface area contributed by atoms with E-state index in [0.717, 1.165) is 32.4 Å². The van der Waals surface area contributed by atoms with Gasteiger partial charge in [0.25, 0.3) is 5.91 Å². The Balaban J connectivity index is 0.00000450. The van der Waals surface area contributed by atoms with Crippen LogP contribution in [0.15, 0.2) is 23.2 Å². The topological polar surface area (TPSA) is 84.0 Å². The first-order valence-corrected chi connectivity index (χ1v) is 10.4. The van der Waals surface area contributed by atoms with Gasteiger partial charge in [-0.05, 0) is 50.8 Å². The fourth-order valence-corrected chi connectivity index (χ4v) is 2.88. The molecule has 0 spiro atoms. The van der Waals surface area contributed by atoms with Gasteiger partial charge in [0.2, 0.25) is 0 Å². The van der Waals surface area contributed by atoms with Crippen LogP contribution in [0.5, 0.6) is 0 Å². The summed E-state index contributed by atoms with van der Waals surface area (Å²) in [7, 11) is 0. The standard InChI is InChI=1S/C21H33FN4O3.HI/c1-3-23-21(25-9-5-12-28-15-18-6-4-13-29-18)26-11-10-24-20(27)17-8-7-16(2)19(22)14-17;/h7-8,14,18H,3-6,9-13,15H2,1-2H3,(H,24,27)(H2,23,25,26);1H. The quantitative estimate of drug-likeness (QED) is 0.175. The molecule has 9 heteroatoms. The second-order valence-corrected chi connectivity index (χ2v) is 6.97. The number of hydrogen-bond donors (Lipinski definition) is 3. The summed E-state index contributed by atoms with van der Waals surface area (Å²) in [6.07, 6.45) is 3.29. The molecule has 0 radical (unpaired) electrons. The van der Waals surface area contributed by atoms with Gasteiger partial charge in [-0.15, -0.1) is 24.0 Å². The van der Waals surface area contributed by atoms with Gasteiger partial charge in [-0.25, -0.2) is 4.39 Å². The average molecular weight is 536 g/mol. The number of hydrogen-bond acceptors (Lipinski definition) is 4. The molecule has 0 aromatic heterocycles. The van der Waals surface area contributed by atoms with E-state index in [1.54, 1.807) is 19.1 Å². The molecule has 1 aliphatic heterocycles. The zero-order chi connectivity index (χ0) is 20.9. The minimum absolute atomic E-state index is 0. The maximum Gasteiger partial charge on any atom is 0.251 e. The van der Waals surface area contributed by atoms with E-state index in [0.29, 0.717) is 49.9 Å². The predicted molar refractivity (Wildman–Crippen MR) is 127 cm³/mol. The Morgan fingerprint density at radius 1 is 1.30 bits per heavy atom. The summed E-state index contributed by atoms with van der Waals surface area (Å²) in [5, 5.41) is 9.11. The first-order chi connectivity index (χ1) is 14.1. The minimum atomic E-state index is -0.378. The van der Waals surface area contributed by atoms with Gasteiger partial charge in [-0.1, -0.05) is 6.07 Å². The lowest BCUT2D eigenvalue weighted by Crippen LogP contribution is -2.41. The number of aryl methyl sites for hydroxylation is 1. The first-order valence-electron chi connectivity index (χ1n) is 10.4. The van der Waals surface area contributed by atoms with Gasteiger partial charge in [-0.2, -0.15) is 0 Å². The third-order valence-electron chi connectivity index (χ3n) is 4.53. The molecule has 30 heavy (non-hydrogen) atoms. The molecule has 1 saturated heterocycles. The van der Waals surface area contributed by atoms with E-state index in [2.05, 4.69) is 20.9 Å². The molecule has 2 rings (SSSR count). The van der Waals surface area contributed by atoms with Gasteiger partial charge in [0.15, 0.2) is 5.96 Å². The van der Waals surface area contributed by atoms with Crippen LogP contribution in [0.3, 0.4) is 0 Å². The number of nitrogens with one attached hydrogen (secondary N) is 3. The van der Waals surface area contributed by atoms with Gasteiger partial charge in [0.1, 0.15) is 5.82 Å². The fraction of sp³-hybridized carbons (Fsp3) is 0.619. The summed E-state index contributed by atoms with van der Waals surface area (Å²) < 4.78 is 24.7. The van der Waals surface area contributed by atoms with Crippen LogP contribution in [0.4, 0.5) is 4.39 Å². The van der Waals surface area contributed by atoms with Crippen molar-refractivity contribution in [3.05, 3.63) is 35.1 Å². The number of guanidine groups is 1. The van der Waals surface area contributed by atoms with Crippen LogP contribution in [0, 0.1) is 12.7 Å². The summed E-state index contributed by atoms with van der Waals surface area (Å²) in [4.78, 5) is 16.6. The largest absolute Gasteiger partial charge is 0.379 e. The van der Waals surface area contributed by atoms with Crippen LogP contribution >= 0.6 is 24.0 Å². The Labute approximate surface area is 195 Å². The lowest BCUT2D eigenvalue weighted by Gasteiger charge is -2.12. The molecule has 1 aromatic rings. The normalized spacial score (nSPS) is 16.1. The SMILES string of the molecule is CCNC(=NCCCOCC1CCCO1)NCCNC(=O)c1ccc(C)c(F)c1.I. The molecule has 7 nitrogen and oxygen atoms in total. The zero-order valence-corrected chi connectivity index (χ0v) is 20.2. The second kappa shape index (κ2) is 15.4. The van der Waals surface area contributed by atoms with E-state index >= 15 is 0 Å². The minimum Gasteiger partial charge on any atom is -0.379 e. The molecule has 3 N–H and O–H groups in total. The van der Waals surface area contributed by atoms with E-state index in [9.17, 15) is 9.18 Å². The van der Waals surface area contributed by atoms with Gasteiger partial charge >= 0.3 is 0 Å². The summed E-state index contributed by atoms with van der Waals surface area (Å²) >= 11 is 0. The van der Waals surface area contributed by atoms with E-state index < -0.39 is 0 Å². The maximum absolute atomic E-state index is 13.6. The van der Waals surface area contributed by atoms with Crippen molar-refractivity contribution in [2.75, 3.05) is 46.0 Å². The van der Waals surface area contributed by atoms with Crippen LogP contribution in [0.2, 0.25) is 0 Å². The molecule has 1 unspecified atom stereocenters. The smallest absolute Gasteiger partial charge is 0.251 e. The molecular formula is C21H34FIN4O3. The van der Waals surface area contributed by atoms with Crippen LogP contribution in [-0.4, -0.2) is 64.0 Å². The Kier molecular flexibility index (Phi) is 13.6. The number of rotatable bonds is 11. The molecule has 0 saturated carbocycles.